The highest BCUT2D eigenvalue weighted by Crippen LogP contribution is 2.32. The number of esters is 1. The van der Waals surface area contributed by atoms with E-state index in [9.17, 15) is 19.2 Å². The number of nitrogens with zero attached hydrogens (tertiary/aromatic N) is 2. The van der Waals surface area contributed by atoms with Crippen molar-refractivity contribution in [3.63, 3.8) is 0 Å². The van der Waals surface area contributed by atoms with E-state index >= 15 is 0 Å². The quantitative estimate of drug-likeness (QED) is 0.601. The molecule has 1 heterocycles. The van der Waals surface area contributed by atoms with Crippen molar-refractivity contribution < 1.29 is 18.7 Å². The van der Waals surface area contributed by atoms with Gasteiger partial charge in [-0.15, -0.1) is 0 Å². The molecule has 1 atom stereocenters. The Balaban J connectivity index is 1.94. The third kappa shape index (κ3) is 5.35. The first-order valence-corrected chi connectivity index (χ1v) is 10.6. The van der Waals surface area contributed by atoms with Gasteiger partial charge in [-0.05, 0) is 50.5 Å². The zero-order chi connectivity index (χ0) is 23.5. The lowest BCUT2D eigenvalue weighted by molar-refractivity contribution is -0.164. The van der Waals surface area contributed by atoms with Gasteiger partial charge in [0.15, 0.2) is 5.82 Å². The summed E-state index contributed by atoms with van der Waals surface area (Å²) >= 11 is 5.90. The van der Waals surface area contributed by atoms with E-state index in [2.05, 4.69) is 0 Å². The summed E-state index contributed by atoms with van der Waals surface area (Å²) in [7, 11) is 0. The molecule has 1 aliphatic heterocycles. The second-order valence-corrected chi connectivity index (χ2v) is 8.99. The van der Waals surface area contributed by atoms with Crippen molar-refractivity contribution >= 4 is 29.1 Å². The summed E-state index contributed by atoms with van der Waals surface area (Å²) in [6, 6.07) is 13.2. The number of carbonyl (C=O) groups excluding carboxylic acids is 2. The molecule has 0 saturated heterocycles. The zero-order valence-corrected chi connectivity index (χ0v) is 18.9. The molecule has 0 radical (unpaired) electrons. The minimum atomic E-state index is -0.832. The summed E-state index contributed by atoms with van der Waals surface area (Å²) in [6.07, 6.45) is 1.84. The summed E-state index contributed by atoms with van der Waals surface area (Å²) in [6.45, 7) is 5.49. The fraction of sp³-hybridized carbons (Fsp3) is 0.320. The van der Waals surface area contributed by atoms with E-state index in [1.54, 1.807) is 20.8 Å². The van der Waals surface area contributed by atoms with Gasteiger partial charge in [0.2, 0.25) is 5.91 Å². The van der Waals surface area contributed by atoms with Crippen LogP contribution in [0, 0.1) is 17.1 Å². The van der Waals surface area contributed by atoms with Crippen LogP contribution in [0.3, 0.4) is 0 Å². The van der Waals surface area contributed by atoms with Gasteiger partial charge in [0, 0.05) is 24.6 Å². The van der Waals surface area contributed by atoms with Crippen LogP contribution in [0.1, 0.15) is 43.9 Å². The minimum absolute atomic E-state index is 0.0323. The molecule has 1 aliphatic rings. The van der Waals surface area contributed by atoms with Gasteiger partial charge in [-0.1, -0.05) is 41.9 Å². The minimum Gasteiger partial charge on any atom is -0.458 e. The maximum atomic E-state index is 14.7. The maximum Gasteiger partial charge on any atom is 0.329 e. The smallest absolute Gasteiger partial charge is 0.329 e. The molecule has 0 bridgehead atoms. The number of hydrogen-bond donors (Lipinski definition) is 0. The summed E-state index contributed by atoms with van der Waals surface area (Å²) in [4.78, 5) is 27.5. The zero-order valence-electron chi connectivity index (χ0n) is 18.2. The van der Waals surface area contributed by atoms with Gasteiger partial charge in [-0.2, -0.15) is 5.26 Å². The summed E-state index contributed by atoms with van der Waals surface area (Å²) in [5, 5.41) is 9.25. The van der Waals surface area contributed by atoms with Gasteiger partial charge in [0.05, 0.1) is 16.7 Å². The summed E-state index contributed by atoms with van der Waals surface area (Å²) in [5.41, 5.74) is 0.693. The molecule has 2 aromatic carbocycles. The third-order valence-corrected chi connectivity index (χ3v) is 5.36. The normalized spacial score (nSPS) is 15.1. The van der Waals surface area contributed by atoms with Crippen LogP contribution in [0.25, 0.3) is 5.57 Å². The molecule has 1 unspecified atom stereocenters. The maximum absolute atomic E-state index is 14.7. The molecule has 0 saturated carbocycles. The molecule has 5 nitrogen and oxygen atoms in total. The molecule has 2 aromatic rings. The third-order valence-electron chi connectivity index (χ3n) is 5.07. The second kappa shape index (κ2) is 9.54. The second-order valence-electron chi connectivity index (χ2n) is 8.59. The van der Waals surface area contributed by atoms with Crippen LogP contribution in [-0.4, -0.2) is 35.0 Å². The van der Waals surface area contributed by atoms with E-state index < -0.39 is 29.3 Å². The average Bonchev–Trinajstić information content (AvgIpc) is 2.73. The largest absolute Gasteiger partial charge is 0.458 e. The Hall–Kier alpha value is -3.17. The molecule has 7 heteroatoms. The fourth-order valence-electron chi connectivity index (χ4n) is 3.65. The Bertz CT molecular complexity index is 1100. The topological polar surface area (TPSA) is 70.4 Å². The highest BCUT2D eigenvalue weighted by Gasteiger charge is 2.35. The number of ether oxygens (including phenoxy) is 1. The molecular formula is C25H24ClFN2O3. The average molecular weight is 455 g/mol. The van der Waals surface area contributed by atoms with Gasteiger partial charge in [0.1, 0.15) is 11.6 Å². The molecule has 0 aliphatic carbocycles. The number of rotatable bonds is 5. The first kappa shape index (κ1) is 23.5. The first-order chi connectivity index (χ1) is 15.1. The van der Waals surface area contributed by atoms with Crippen LogP contribution in [-0.2, 0) is 20.7 Å². The lowest BCUT2D eigenvalue weighted by atomic mass is 9.93. The Morgan fingerprint density at radius 2 is 1.94 bits per heavy atom. The van der Waals surface area contributed by atoms with Crippen LogP contribution in [0.15, 0.2) is 48.5 Å². The number of hydrogen-bond acceptors (Lipinski definition) is 4. The molecule has 0 aromatic heterocycles. The fourth-order valence-corrected chi connectivity index (χ4v) is 3.80. The van der Waals surface area contributed by atoms with Gasteiger partial charge in [-0.3, -0.25) is 4.79 Å². The number of carbonyl (C=O) groups is 2. The lowest BCUT2D eigenvalue weighted by Crippen LogP contribution is -2.49. The highest BCUT2D eigenvalue weighted by molar-refractivity contribution is 6.31. The van der Waals surface area contributed by atoms with E-state index in [0.717, 1.165) is 5.56 Å². The Kier molecular flexibility index (Phi) is 7.00. The van der Waals surface area contributed by atoms with Crippen molar-refractivity contribution in [1.29, 1.82) is 5.26 Å². The van der Waals surface area contributed by atoms with E-state index in [4.69, 9.17) is 16.3 Å². The predicted octanol–water partition coefficient (Wildman–Crippen LogP) is 4.92. The SMILES string of the molecule is CC(C)(C)OC(=O)C(Cc1ccccc1)N1CCC(c2c(C#N)ccc(Cl)c2F)=CC1=O. The molecule has 0 fully saturated rings. The van der Waals surface area contributed by atoms with Gasteiger partial charge >= 0.3 is 5.97 Å². The van der Waals surface area contributed by atoms with Crippen LogP contribution in [0.2, 0.25) is 5.02 Å². The van der Waals surface area contributed by atoms with Gasteiger partial charge in [-0.25, -0.2) is 9.18 Å². The number of halogens is 2. The highest BCUT2D eigenvalue weighted by atomic mass is 35.5. The molecular weight excluding hydrogens is 431 g/mol. The van der Waals surface area contributed by atoms with Crippen molar-refractivity contribution in [3.05, 3.63) is 76.1 Å². The van der Waals surface area contributed by atoms with Gasteiger partial charge in [0.25, 0.3) is 0 Å². The molecule has 0 N–H and O–H groups in total. The monoisotopic (exact) mass is 454 g/mol. The molecule has 1 amide bonds. The Morgan fingerprint density at radius 3 is 2.53 bits per heavy atom. The first-order valence-electron chi connectivity index (χ1n) is 10.3. The number of amides is 1. The van der Waals surface area contributed by atoms with Crippen molar-refractivity contribution in [1.82, 2.24) is 4.90 Å². The number of benzene rings is 2. The van der Waals surface area contributed by atoms with E-state index in [1.165, 1.54) is 23.1 Å². The van der Waals surface area contributed by atoms with Crippen LogP contribution in [0.5, 0.6) is 0 Å². The van der Waals surface area contributed by atoms with Crippen LogP contribution >= 0.6 is 11.6 Å². The standard InChI is InChI=1S/C25H24ClFN2O3/c1-25(2,3)32-24(31)20(13-16-7-5-4-6-8-16)29-12-11-17(14-21(29)30)22-18(15-28)9-10-19(26)23(22)27/h4-10,14,20H,11-13H2,1-3H3. The molecule has 32 heavy (non-hydrogen) atoms. The Morgan fingerprint density at radius 1 is 1.25 bits per heavy atom. The van der Waals surface area contributed by atoms with Crippen LogP contribution in [0.4, 0.5) is 4.39 Å². The summed E-state index contributed by atoms with van der Waals surface area (Å²) < 4.78 is 20.3. The van der Waals surface area contributed by atoms with Crippen molar-refractivity contribution in [3.8, 4) is 6.07 Å². The predicted molar refractivity (Wildman–Crippen MR) is 120 cm³/mol. The molecule has 3 rings (SSSR count). The van der Waals surface area contributed by atoms with Crippen LogP contribution < -0.4 is 0 Å². The van der Waals surface area contributed by atoms with Crippen molar-refractivity contribution in [2.45, 2.75) is 45.3 Å². The molecule has 0 spiro atoms. The summed E-state index contributed by atoms with van der Waals surface area (Å²) in [5.74, 6) is -1.68. The van der Waals surface area contributed by atoms with E-state index in [-0.39, 0.29) is 29.1 Å². The Labute approximate surface area is 192 Å². The number of nitriles is 1. The van der Waals surface area contributed by atoms with E-state index in [0.29, 0.717) is 12.0 Å². The van der Waals surface area contributed by atoms with Crippen molar-refractivity contribution in [2.24, 2.45) is 0 Å². The lowest BCUT2D eigenvalue weighted by Gasteiger charge is -2.34. The van der Waals surface area contributed by atoms with Crippen molar-refractivity contribution in [2.75, 3.05) is 6.54 Å². The van der Waals surface area contributed by atoms with Gasteiger partial charge < -0.3 is 9.64 Å². The van der Waals surface area contributed by atoms with E-state index in [1.807, 2.05) is 36.4 Å². The molecule has 166 valence electrons.